The van der Waals surface area contributed by atoms with Crippen molar-refractivity contribution in [1.82, 2.24) is 5.16 Å². The number of hydrogen-bond donors (Lipinski definition) is 0. The number of nitrogens with zero attached hydrogens (tertiary/aromatic N) is 1. The van der Waals surface area contributed by atoms with E-state index < -0.39 is 11.9 Å². The van der Waals surface area contributed by atoms with Crippen LogP contribution in [0.3, 0.4) is 0 Å². The van der Waals surface area contributed by atoms with E-state index in [0.29, 0.717) is 9.21 Å². The van der Waals surface area contributed by atoms with Crippen LogP contribution in [0.5, 0.6) is 0 Å². The van der Waals surface area contributed by atoms with Gasteiger partial charge in [-0.15, -0.1) is 11.3 Å². The van der Waals surface area contributed by atoms with Gasteiger partial charge >= 0.3 is 6.18 Å². The van der Waals surface area contributed by atoms with Crippen molar-refractivity contribution >= 4 is 22.9 Å². The Kier molecular flexibility index (Phi) is 2.47. The maximum Gasteiger partial charge on any atom is 0.436 e. The van der Waals surface area contributed by atoms with Gasteiger partial charge in [-0.1, -0.05) is 16.8 Å². The average Bonchev–Trinajstić information content (AvgIpc) is 2.69. The summed E-state index contributed by atoms with van der Waals surface area (Å²) in [7, 11) is 0. The van der Waals surface area contributed by atoms with Gasteiger partial charge in [0.1, 0.15) is 0 Å². The standard InChI is InChI=1S/C8H3ClF3NOS/c9-7-2-1-5(15-7)4-3-6(13-14-4)8(10,11)12/h1-3H. The molecule has 0 atom stereocenters. The Morgan fingerprint density at radius 2 is 2.07 bits per heavy atom. The molecule has 15 heavy (non-hydrogen) atoms. The maximum absolute atomic E-state index is 12.2. The monoisotopic (exact) mass is 253 g/mol. The maximum atomic E-state index is 12.2. The lowest BCUT2D eigenvalue weighted by atomic mass is 10.3. The molecule has 2 aromatic rings. The van der Waals surface area contributed by atoms with Gasteiger partial charge < -0.3 is 4.52 Å². The number of thiophene rings is 1. The molecule has 2 nitrogen and oxygen atoms in total. The molecule has 2 rings (SSSR count). The van der Waals surface area contributed by atoms with Crippen molar-refractivity contribution in [2.45, 2.75) is 6.18 Å². The van der Waals surface area contributed by atoms with Crippen LogP contribution in [0.25, 0.3) is 10.6 Å². The number of rotatable bonds is 1. The molecular formula is C8H3ClF3NOS. The first-order chi connectivity index (χ1) is 6.97. The first-order valence-corrected chi connectivity index (χ1v) is 4.96. The van der Waals surface area contributed by atoms with Crippen LogP contribution in [0.1, 0.15) is 5.69 Å². The third-order valence-electron chi connectivity index (χ3n) is 1.62. The van der Waals surface area contributed by atoms with Crippen molar-refractivity contribution in [2.24, 2.45) is 0 Å². The van der Waals surface area contributed by atoms with E-state index in [1.54, 1.807) is 12.1 Å². The van der Waals surface area contributed by atoms with E-state index in [-0.39, 0.29) is 5.76 Å². The van der Waals surface area contributed by atoms with Crippen LogP contribution in [-0.2, 0) is 6.18 Å². The molecule has 2 heterocycles. The molecule has 0 aromatic carbocycles. The molecule has 0 spiro atoms. The fraction of sp³-hybridized carbons (Fsp3) is 0.125. The Balaban J connectivity index is 2.36. The Labute approximate surface area is 91.3 Å². The molecule has 0 aliphatic carbocycles. The zero-order valence-corrected chi connectivity index (χ0v) is 8.58. The van der Waals surface area contributed by atoms with E-state index in [1.807, 2.05) is 0 Å². The van der Waals surface area contributed by atoms with Crippen LogP contribution < -0.4 is 0 Å². The second-order valence-electron chi connectivity index (χ2n) is 2.68. The SMILES string of the molecule is FC(F)(F)c1cc(-c2ccc(Cl)s2)on1. The summed E-state index contributed by atoms with van der Waals surface area (Å²) in [4.78, 5) is 0.517. The molecule has 80 valence electrons. The van der Waals surface area contributed by atoms with Gasteiger partial charge in [-0.2, -0.15) is 13.2 Å². The smallest absolute Gasteiger partial charge is 0.355 e. The lowest BCUT2D eigenvalue weighted by Crippen LogP contribution is -2.04. The molecule has 0 fully saturated rings. The zero-order valence-electron chi connectivity index (χ0n) is 7.01. The number of hydrogen-bond acceptors (Lipinski definition) is 3. The fourth-order valence-electron chi connectivity index (χ4n) is 0.972. The van der Waals surface area contributed by atoms with Crippen LogP contribution in [0.4, 0.5) is 13.2 Å². The van der Waals surface area contributed by atoms with Crippen LogP contribution in [0.2, 0.25) is 4.34 Å². The van der Waals surface area contributed by atoms with E-state index in [1.165, 1.54) is 0 Å². The van der Waals surface area contributed by atoms with Gasteiger partial charge in [0.05, 0.1) is 9.21 Å². The van der Waals surface area contributed by atoms with Crippen LogP contribution in [0.15, 0.2) is 22.7 Å². The molecule has 0 saturated carbocycles. The highest BCUT2D eigenvalue weighted by Crippen LogP contribution is 2.35. The Morgan fingerprint density at radius 3 is 2.53 bits per heavy atom. The summed E-state index contributed by atoms with van der Waals surface area (Å²) in [6.07, 6.45) is -4.48. The topological polar surface area (TPSA) is 26.0 Å². The lowest BCUT2D eigenvalue weighted by Gasteiger charge is -1.97. The van der Waals surface area contributed by atoms with Gasteiger partial charge in [0, 0.05) is 6.07 Å². The van der Waals surface area contributed by atoms with Gasteiger partial charge in [0.15, 0.2) is 11.5 Å². The molecule has 0 bridgehead atoms. The highest BCUT2D eigenvalue weighted by atomic mass is 35.5. The van der Waals surface area contributed by atoms with Crippen LogP contribution in [0, 0.1) is 0 Å². The summed E-state index contributed by atoms with van der Waals surface area (Å²) in [6.45, 7) is 0. The Hall–Kier alpha value is -1.01. The second kappa shape index (κ2) is 3.53. The van der Waals surface area contributed by atoms with E-state index >= 15 is 0 Å². The summed E-state index contributed by atoms with van der Waals surface area (Å²) < 4.78 is 41.6. The Morgan fingerprint density at radius 1 is 1.33 bits per heavy atom. The lowest BCUT2D eigenvalue weighted by molar-refractivity contribution is -0.142. The highest BCUT2D eigenvalue weighted by molar-refractivity contribution is 7.19. The summed E-state index contributed by atoms with van der Waals surface area (Å²) in [5.74, 6) is 0.0687. The summed E-state index contributed by atoms with van der Waals surface area (Å²) >= 11 is 6.77. The molecule has 0 radical (unpaired) electrons. The van der Waals surface area contributed by atoms with E-state index in [0.717, 1.165) is 17.4 Å². The predicted molar refractivity (Wildman–Crippen MR) is 49.8 cm³/mol. The van der Waals surface area contributed by atoms with Crippen molar-refractivity contribution in [3.8, 4) is 10.6 Å². The molecule has 0 amide bonds. The molecule has 0 N–H and O–H groups in total. The predicted octanol–water partition coefficient (Wildman–Crippen LogP) is 4.08. The van der Waals surface area contributed by atoms with Gasteiger partial charge in [-0.25, -0.2) is 0 Å². The van der Waals surface area contributed by atoms with Crippen molar-refractivity contribution in [1.29, 1.82) is 0 Å². The number of halogens is 4. The van der Waals surface area contributed by atoms with Crippen molar-refractivity contribution < 1.29 is 17.7 Å². The normalized spacial score (nSPS) is 12.0. The van der Waals surface area contributed by atoms with Crippen LogP contribution >= 0.6 is 22.9 Å². The third-order valence-corrected chi connectivity index (χ3v) is 2.86. The minimum atomic E-state index is -4.48. The first-order valence-electron chi connectivity index (χ1n) is 3.76. The summed E-state index contributed by atoms with van der Waals surface area (Å²) in [5, 5.41) is 2.94. The highest BCUT2D eigenvalue weighted by Gasteiger charge is 2.35. The quantitative estimate of drug-likeness (QED) is 0.765. The van der Waals surface area contributed by atoms with Gasteiger partial charge in [0.2, 0.25) is 0 Å². The van der Waals surface area contributed by atoms with Crippen molar-refractivity contribution in [2.75, 3.05) is 0 Å². The van der Waals surface area contributed by atoms with E-state index in [4.69, 9.17) is 11.6 Å². The molecule has 0 unspecified atom stereocenters. The summed E-state index contributed by atoms with van der Waals surface area (Å²) in [6, 6.07) is 4.01. The molecule has 7 heteroatoms. The molecule has 0 aliphatic heterocycles. The number of aromatic nitrogens is 1. The zero-order chi connectivity index (χ0) is 11.1. The minimum Gasteiger partial charge on any atom is -0.355 e. The van der Waals surface area contributed by atoms with E-state index in [9.17, 15) is 13.2 Å². The molecular weight excluding hydrogens is 251 g/mol. The van der Waals surface area contributed by atoms with E-state index in [2.05, 4.69) is 9.68 Å². The average molecular weight is 254 g/mol. The van der Waals surface area contributed by atoms with Crippen molar-refractivity contribution in [3.05, 3.63) is 28.2 Å². The molecule has 2 aromatic heterocycles. The number of alkyl halides is 3. The van der Waals surface area contributed by atoms with Gasteiger partial charge in [0.25, 0.3) is 0 Å². The minimum absolute atomic E-state index is 0.0687. The second-order valence-corrected chi connectivity index (χ2v) is 4.39. The molecule has 0 saturated heterocycles. The Bertz CT molecular complexity index is 476. The van der Waals surface area contributed by atoms with Crippen molar-refractivity contribution in [3.63, 3.8) is 0 Å². The first kappa shape index (κ1) is 10.5. The fourth-order valence-corrected chi connectivity index (χ4v) is 1.96. The van der Waals surface area contributed by atoms with Crippen LogP contribution in [-0.4, -0.2) is 5.16 Å². The largest absolute Gasteiger partial charge is 0.436 e. The molecule has 0 aliphatic rings. The van der Waals surface area contributed by atoms with Gasteiger partial charge in [-0.05, 0) is 12.1 Å². The van der Waals surface area contributed by atoms with Gasteiger partial charge in [-0.3, -0.25) is 0 Å². The summed E-state index contributed by atoms with van der Waals surface area (Å²) in [5.41, 5.74) is -1.04. The third kappa shape index (κ3) is 2.15.